The quantitative estimate of drug-likeness (QED) is 0.807. The van der Waals surface area contributed by atoms with Crippen molar-refractivity contribution in [3.63, 3.8) is 0 Å². The van der Waals surface area contributed by atoms with E-state index in [1.807, 2.05) is 18.2 Å². The topological polar surface area (TPSA) is 21.1 Å². The Labute approximate surface area is 123 Å². The van der Waals surface area contributed by atoms with E-state index >= 15 is 0 Å². The standard InChI is InChI=1S/C14H17Cl2N3/c15-8-7-13-17-12-6-4-5-11(16)14(12)19(13)18-9-2-1-3-10-18/h4-6H,1-3,7-10H2. The van der Waals surface area contributed by atoms with Gasteiger partial charge in [0.15, 0.2) is 0 Å². The minimum Gasteiger partial charge on any atom is -0.311 e. The van der Waals surface area contributed by atoms with Crippen molar-refractivity contribution < 1.29 is 0 Å². The molecule has 2 heterocycles. The number of fused-ring (bicyclic) bond motifs is 1. The largest absolute Gasteiger partial charge is 0.311 e. The summed E-state index contributed by atoms with van der Waals surface area (Å²) in [5.41, 5.74) is 1.98. The van der Waals surface area contributed by atoms with Crippen LogP contribution in [0.1, 0.15) is 25.1 Å². The number of benzene rings is 1. The van der Waals surface area contributed by atoms with Crippen LogP contribution in [0, 0.1) is 0 Å². The van der Waals surface area contributed by atoms with Crippen molar-refractivity contribution in [1.29, 1.82) is 0 Å². The average Bonchev–Trinajstić information content (AvgIpc) is 2.80. The van der Waals surface area contributed by atoms with Gasteiger partial charge in [0.2, 0.25) is 0 Å². The highest BCUT2D eigenvalue weighted by Crippen LogP contribution is 2.26. The number of rotatable bonds is 3. The van der Waals surface area contributed by atoms with Crippen molar-refractivity contribution in [3.05, 3.63) is 29.0 Å². The first-order valence-corrected chi connectivity index (χ1v) is 7.69. The summed E-state index contributed by atoms with van der Waals surface area (Å²) in [6.07, 6.45) is 4.53. The molecular weight excluding hydrogens is 281 g/mol. The van der Waals surface area contributed by atoms with E-state index in [1.165, 1.54) is 19.3 Å². The molecule has 1 aromatic heterocycles. The van der Waals surface area contributed by atoms with Crippen molar-refractivity contribution in [3.8, 4) is 0 Å². The van der Waals surface area contributed by atoms with Crippen molar-refractivity contribution in [2.24, 2.45) is 0 Å². The van der Waals surface area contributed by atoms with Crippen LogP contribution in [-0.2, 0) is 6.42 Å². The first-order valence-electron chi connectivity index (χ1n) is 6.78. The Hall–Kier alpha value is -0.930. The van der Waals surface area contributed by atoms with Crippen molar-refractivity contribution in [1.82, 2.24) is 9.66 Å². The monoisotopic (exact) mass is 297 g/mol. The summed E-state index contributed by atoms with van der Waals surface area (Å²) < 4.78 is 2.19. The van der Waals surface area contributed by atoms with Gasteiger partial charge in [-0.3, -0.25) is 0 Å². The van der Waals surface area contributed by atoms with Crippen molar-refractivity contribution in [2.75, 3.05) is 24.0 Å². The lowest BCUT2D eigenvalue weighted by molar-refractivity contribution is 0.476. The summed E-state index contributed by atoms with van der Waals surface area (Å²) in [7, 11) is 0. The first-order chi connectivity index (χ1) is 9.31. The Bertz CT molecular complexity index is 573. The van der Waals surface area contributed by atoms with Gasteiger partial charge in [-0.05, 0) is 31.4 Å². The lowest BCUT2D eigenvalue weighted by Gasteiger charge is -2.31. The van der Waals surface area contributed by atoms with Gasteiger partial charge in [-0.1, -0.05) is 17.7 Å². The van der Waals surface area contributed by atoms with E-state index in [0.717, 1.165) is 41.4 Å². The number of nitrogens with zero attached hydrogens (tertiary/aromatic N) is 3. The van der Waals surface area contributed by atoms with Crippen LogP contribution >= 0.6 is 23.2 Å². The molecule has 1 aliphatic heterocycles. The Morgan fingerprint density at radius 3 is 2.68 bits per heavy atom. The molecule has 1 saturated heterocycles. The summed E-state index contributed by atoms with van der Waals surface area (Å²) in [5, 5.41) is 3.11. The maximum atomic E-state index is 6.37. The van der Waals surface area contributed by atoms with Crippen LogP contribution in [0.15, 0.2) is 18.2 Å². The highest BCUT2D eigenvalue weighted by Gasteiger charge is 2.19. The van der Waals surface area contributed by atoms with Gasteiger partial charge < -0.3 is 5.01 Å². The first kappa shape index (κ1) is 13.1. The van der Waals surface area contributed by atoms with Gasteiger partial charge in [0, 0.05) is 25.4 Å². The molecule has 1 fully saturated rings. The number of para-hydroxylation sites is 1. The summed E-state index contributed by atoms with van der Waals surface area (Å²) in [4.78, 5) is 4.69. The highest BCUT2D eigenvalue weighted by atomic mass is 35.5. The molecule has 0 atom stereocenters. The number of hydrogen-bond donors (Lipinski definition) is 0. The number of piperidine rings is 1. The number of alkyl halides is 1. The molecule has 19 heavy (non-hydrogen) atoms. The minimum absolute atomic E-state index is 0.578. The van der Waals surface area contributed by atoms with Gasteiger partial charge in [-0.2, -0.15) is 0 Å². The van der Waals surface area contributed by atoms with E-state index in [0.29, 0.717) is 5.88 Å². The fraction of sp³-hybridized carbons (Fsp3) is 0.500. The maximum absolute atomic E-state index is 6.37. The van der Waals surface area contributed by atoms with Gasteiger partial charge >= 0.3 is 0 Å². The van der Waals surface area contributed by atoms with Crippen LogP contribution < -0.4 is 5.01 Å². The molecule has 0 spiro atoms. The van der Waals surface area contributed by atoms with Crippen LogP contribution in [0.5, 0.6) is 0 Å². The lowest BCUT2D eigenvalue weighted by Crippen LogP contribution is -2.40. The van der Waals surface area contributed by atoms with Crippen LogP contribution in [0.4, 0.5) is 0 Å². The number of hydrogen-bond acceptors (Lipinski definition) is 2. The second-order valence-electron chi connectivity index (χ2n) is 4.90. The molecule has 2 aromatic rings. The highest BCUT2D eigenvalue weighted by molar-refractivity contribution is 6.35. The number of aryl methyl sites for hydroxylation is 1. The molecule has 0 unspecified atom stereocenters. The summed E-state index contributed by atoms with van der Waals surface area (Å²) in [5.74, 6) is 1.59. The minimum atomic E-state index is 0.578. The molecular formula is C14H17Cl2N3. The summed E-state index contributed by atoms with van der Waals surface area (Å²) >= 11 is 12.3. The van der Waals surface area contributed by atoms with Gasteiger partial charge in [0.25, 0.3) is 0 Å². The van der Waals surface area contributed by atoms with Gasteiger partial charge in [0.1, 0.15) is 11.3 Å². The van der Waals surface area contributed by atoms with Crippen molar-refractivity contribution in [2.45, 2.75) is 25.7 Å². The van der Waals surface area contributed by atoms with E-state index in [1.54, 1.807) is 0 Å². The summed E-state index contributed by atoms with van der Waals surface area (Å²) in [6.45, 7) is 2.12. The number of imidazole rings is 1. The molecule has 0 N–H and O–H groups in total. The lowest BCUT2D eigenvalue weighted by atomic mass is 10.2. The van der Waals surface area contributed by atoms with E-state index in [4.69, 9.17) is 28.2 Å². The zero-order valence-corrected chi connectivity index (χ0v) is 12.3. The van der Waals surface area contributed by atoms with E-state index in [9.17, 15) is 0 Å². The number of halogens is 2. The normalized spacial score (nSPS) is 16.2. The van der Waals surface area contributed by atoms with E-state index in [2.05, 4.69) is 9.69 Å². The molecule has 5 heteroatoms. The fourth-order valence-corrected chi connectivity index (χ4v) is 3.17. The Balaban J connectivity index is 2.14. The molecule has 3 rings (SSSR count). The van der Waals surface area contributed by atoms with E-state index in [-0.39, 0.29) is 0 Å². The van der Waals surface area contributed by atoms with Gasteiger partial charge in [-0.15, -0.1) is 11.6 Å². The third-order valence-corrected chi connectivity index (χ3v) is 4.10. The molecule has 102 valence electrons. The molecule has 1 aliphatic rings. The van der Waals surface area contributed by atoms with Gasteiger partial charge in [-0.25, -0.2) is 9.66 Å². The predicted octanol–water partition coefficient (Wildman–Crippen LogP) is 3.59. The molecule has 3 nitrogen and oxygen atoms in total. The van der Waals surface area contributed by atoms with Crippen LogP contribution in [0.2, 0.25) is 5.02 Å². The second kappa shape index (κ2) is 5.59. The Kier molecular flexibility index (Phi) is 3.85. The fourth-order valence-electron chi connectivity index (χ4n) is 2.75. The SMILES string of the molecule is ClCCc1nc2cccc(Cl)c2n1N1CCCCC1. The van der Waals surface area contributed by atoms with Crippen LogP contribution in [-0.4, -0.2) is 28.6 Å². The molecule has 0 aliphatic carbocycles. The molecule has 0 saturated carbocycles. The predicted molar refractivity (Wildman–Crippen MR) is 81.0 cm³/mol. The van der Waals surface area contributed by atoms with Gasteiger partial charge in [0.05, 0.1) is 10.5 Å². The van der Waals surface area contributed by atoms with Crippen LogP contribution in [0.3, 0.4) is 0 Å². The summed E-state index contributed by atoms with van der Waals surface area (Å²) in [6, 6.07) is 5.89. The van der Waals surface area contributed by atoms with E-state index < -0.39 is 0 Å². The Morgan fingerprint density at radius 1 is 1.16 bits per heavy atom. The van der Waals surface area contributed by atoms with Crippen molar-refractivity contribution >= 4 is 34.2 Å². The molecule has 0 bridgehead atoms. The third kappa shape index (κ3) is 2.41. The Morgan fingerprint density at radius 2 is 1.95 bits per heavy atom. The maximum Gasteiger partial charge on any atom is 0.130 e. The zero-order chi connectivity index (χ0) is 13.2. The zero-order valence-electron chi connectivity index (χ0n) is 10.8. The number of aromatic nitrogens is 2. The second-order valence-corrected chi connectivity index (χ2v) is 5.69. The average molecular weight is 298 g/mol. The third-order valence-electron chi connectivity index (χ3n) is 3.60. The molecule has 0 amide bonds. The molecule has 1 aromatic carbocycles. The smallest absolute Gasteiger partial charge is 0.130 e. The molecule has 0 radical (unpaired) electrons. The van der Waals surface area contributed by atoms with Crippen LogP contribution in [0.25, 0.3) is 11.0 Å².